The summed E-state index contributed by atoms with van der Waals surface area (Å²) < 4.78 is 0. The van der Waals surface area contributed by atoms with Crippen LogP contribution >= 0.6 is 0 Å². The quantitative estimate of drug-likeness (QED) is 0.633. The number of hydrogen-bond acceptors (Lipinski definition) is 4. The van der Waals surface area contributed by atoms with Gasteiger partial charge in [-0.25, -0.2) is 0 Å². The summed E-state index contributed by atoms with van der Waals surface area (Å²) in [6, 6.07) is 24.4. The van der Waals surface area contributed by atoms with Crippen LogP contribution in [0.25, 0.3) is 0 Å². The first kappa shape index (κ1) is 19.7. The molecular formula is C28H22N4. The van der Waals surface area contributed by atoms with Gasteiger partial charge >= 0.3 is 0 Å². The zero-order valence-corrected chi connectivity index (χ0v) is 17.7. The average molecular weight is 415 g/mol. The van der Waals surface area contributed by atoms with E-state index in [0.717, 1.165) is 71.2 Å². The van der Waals surface area contributed by atoms with Crippen LogP contribution in [-0.4, -0.2) is 37.9 Å². The molecule has 0 aliphatic carbocycles. The molecule has 0 bridgehead atoms. The van der Waals surface area contributed by atoms with Crippen molar-refractivity contribution in [2.45, 2.75) is 0 Å². The van der Waals surface area contributed by atoms with E-state index >= 15 is 0 Å². The Balaban J connectivity index is 1.28. The summed E-state index contributed by atoms with van der Waals surface area (Å²) in [5.41, 5.74) is 6.04. The van der Waals surface area contributed by atoms with Gasteiger partial charge in [-0.05, 0) is 48.5 Å². The Bertz CT molecular complexity index is 1220. The average Bonchev–Trinajstić information content (AvgIpc) is 3.57. The second-order valence-electron chi connectivity index (χ2n) is 7.55. The van der Waals surface area contributed by atoms with E-state index in [1.165, 1.54) is 0 Å². The molecule has 0 aromatic heterocycles. The highest BCUT2D eigenvalue weighted by atomic mass is 15.1. The third-order valence-electron chi connectivity index (χ3n) is 5.21. The van der Waals surface area contributed by atoms with Crippen LogP contribution in [0, 0.1) is 23.7 Å². The van der Waals surface area contributed by atoms with Crippen molar-refractivity contribution in [3.05, 3.63) is 106 Å². The van der Waals surface area contributed by atoms with Gasteiger partial charge in [-0.3, -0.25) is 9.98 Å². The molecule has 0 saturated carbocycles. The number of hydrogen-bond donors (Lipinski definition) is 2. The highest BCUT2D eigenvalue weighted by molar-refractivity contribution is 6.00. The lowest BCUT2D eigenvalue weighted by Gasteiger charge is -2.02. The summed E-state index contributed by atoms with van der Waals surface area (Å²) in [5.74, 6) is 14.9. The summed E-state index contributed by atoms with van der Waals surface area (Å²) in [6.07, 6.45) is 0. The molecule has 0 radical (unpaired) electrons. The molecule has 2 heterocycles. The number of nitrogens with one attached hydrogen (secondary N) is 2. The van der Waals surface area contributed by atoms with Crippen LogP contribution in [0.1, 0.15) is 33.4 Å². The van der Waals surface area contributed by atoms with E-state index in [2.05, 4.69) is 68.6 Å². The van der Waals surface area contributed by atoms with Gasteiger partial charge in [0.2, 0.25) is 0 Å². The third-order valence-corrected chi connectivity index (χ3v) is 5.21. The van der Waals surface area contributed by atoms with Gasteiger partial charge in [-0.15, -0.1) is 0 Å². The Kier molecular flexibility index (Phi) is 5.68. The highest BCUT2D eigenvalue weighted by Crippen LogP contribution is 2.09. The summed E-state index contributed by atoms with van der Waals surface area (Å²) in [6.45, 7) is 3.47. The Morgan fingerprint density at radius 1 is 0.531 bits per heavy atom. The molecule has 0 fully saturated rings. The van der Waals surface area contributed by atoms with Crippen LogP contribution in [0.4, 0.5) is 0 Å². The van der Waals surface area contributed by atoms with E-state index in [0.29, 0.717) is 0 Å². The lowest BCUT2D eigenvalue weighted by molar-refractivity contribution is 0.960. The van der Waals surface area contributed by atoms with E-state index in [9.17, 15) is 0 Å². The van der Waals surface area contributed by atoms with Crippen LogP contribution in [-0.2, 0) is 0 Å². The van der Waals surface area contributed by atoms with Gasteiger partial charge in [0.1, 0.15) is 11.7 Å². The number of aliphatic imine (C=N–C) groups is 2. The van der Waals surface area contributed by atoms with Crippen molar-refractivity contribution in [2.75, 3.05) is 26.2 Å². The van der Waals surface area contributed by atoms with Crippen molar-refractivity contribution >= 4 is 11.7 Å². The first-order valence-electron chi connectivity index (χ1n) is 10.8. The summed E-state index contributed by atoms with van der Waals surface area (Å²) >= 11 is 0. The Morgan fingerprint density at radius 3 is 1.38 bits per heavy atom. The first-order chi connectivity index (χ1) is 15.8. The number of amidine groups is 2. The lowest BCUT2D eigenvalue weighted by Crippen LogP contribution is -2.19. The Labute approximate surface area is 188 Å². The minimum atomic E-state index is 0.832. The Morgan fingerprint density at radius 2 is 0.969 bits per heavy atom. The normalized spacial score (nSPS) is 14.1. The molecule has 3 aromatic carbocycles. The second-order valence-corrected chi connectivity index (χ2v) is 7.55. The van der Waals surface area contributed by atoms with Crippen molar-refractivity contribution in [2.24, 2.45) is 9.98 Å². The SMILES string of the molecule is C(#Cc1cccc(C2=NCCN2)c1)c1ccc(C#Cc2cccc(C3=NCCN3)c2)cc1. The third kappa shape index (κ3) is 4.72. The molecule has 2 N–H and O–H groups in total. The number of benzene rings is 3. The molecular weight excluding hydrogens is 392 g/mol. The van der Waals surface area contributed by atoms with E-state index in [-0.39, 0.29) is 0 Å². The number of rotatable bonds is 2. The summed E-state index contributed by atoms with van der Waals surface area (Å²) in [4.78, 5) is 8.95. The van der Waals surface area contributed by atoms with Crippen molar-refractivity contribution in [3.63, 3.8) is 0 Å². The lowest BCUT2D eigenvalue weighted by atomic mass is 10.1. The molecule has 3 aromatic rings. The van der Waals surface area contributed by atoms with Crippen LogP contribution < -0.4 is 10.6 Å². The maximum absolute atomic E-state index is 4.47. The van der Waals surface area contributed by atoms with Crippen molar-refractivity contribution in [1.82, 2.24) is 10.6 Å². The Hall–Kier alpha value is -4.28. The molecule has 0 atom stereocenters. The van der Waals surface area contributed by atoms with Crippen LogP contribution in [0.15, 0.2) is 82.8 Å². The molecule has 0 saturated heterocycles. The van der Waals surface area contributed by atoms with Gasteiger partial charge in [-0.2, -0.15) is 0 Å². The number of nitrogens with zero attached hydrogens (tertiary/aromatic N) is 2. The second kappa shape index (κ2) is 9.25. The topological polar surface area (TPSA) is 48.8 Å². The summed E-state index contributed by atoms with van der Waals surface area (Å²) in [5, 5.41) is 6.60. The van der Waals surface area contributed by atoms with E-state index in [4.69, 9.17) is 0 Å². The minimum absolute atomic E-state index is 0.832. The fraction of sp³-hybridized carbons (Fsp3) is 0.143. The van der Waals surface area contributed by atoms with Crippen LogP contribution in [0.5, 0.6) is 0 Å². The highest BCUT2D eigenvalue weighted by Gasteiger charge is 2.08. The fourth-order valence-corrected chi connectivity index (χ4v) is 3.60. The maximum atomic E-state index is 4.47. The van der Waals surface area contributed by atoms with Crippen LogP contribution in [0.3, 0.4) is 0 Å². The summed E-state index contributed by atoms with van der Waals surface area (Å²) in [7, 11) is 0. The molecule has 154 valence electrons. The maximum Gasteiger partial charge on any atom is 0.128 e. The smallest absolute Gasteiger partial charge is 0.128 e. The van der Waals surface area contributed by atoms with Crippen molar-refractivity contribution < 1.29 is 0 Å². The predicted molar refractivity (Wildman–Crippen MR) is 130 cm³/mol. The minimum Gasteiger partial charge on any atom is -0.368 e. The van der Waals surface area contributed by atoms with E-state index in [1.54, 1.807) is 0 Å². The van der Waals surface area contributed by atoms with Gasteiger partial charge in [0.25, 0.3) is 0 Å². The molecule has 5 rings (SSSR count). The van der Waals surface area contributed by atoms with Gasteiger partial charge in [0.15, 0.2) is 0 Å². The van der Waals surface area contributed by atoms with Crippen LogP contribution in [0.2, 0.25) is 0 Å². The molecule has 0 amide bonds. The molecule has 2 aliphatic rings. The van der Waals surface area contributed by atoms with Crippen molar-refractivity contribution in [1.29, 1.82) is 0 Å². The zero-order valence-electron chi connectivity index (χ0n) is 17.7. The van der Waals surface area contributed by atoms with E-state index < -0.39 is 0 Å². The van der Waals surface area contributed by atoms with Crippen molar-refractivity contribution in [3.8, 4) is 23.7 Å². The van der Waals surface area contributed by atoms with Gasteiger partial charge in [-0.1, -0.05) is 47.9 Å². The van der Waals surface area contributed by atoms with E-state index in [1.807, 2.05) is 48.5 Å². The molecule has 0 unspecified atom stereocenters. The molecule has 0 spiro atoms. The molecule has 32 heavy (non-hydrogen) atoms. The first-order valence-corrected chi connectivity index (χ1v) is 10.8. The van der Waals surface area contributed by atoms with Gasteiger partial charge < -0.3 is 10.6 Å². The van der Waals surface area contributed by atoms with Gasteiger partial charge in [0.05, 0.1) is 13.1 Å². The molecule has 4 nitrogen and oxygen atoms in total. The monoisotopic (exact) mass is 414 g/mol. The zero-order chi connectivity index (χ0) is 21.6. The molecule has 2 aliphatic heterocycles. The standard InChI is InChI=1S/C28H22N4/c1-3-23(19-25(5-1)27-29-15-16-30-27)13-11-21-7-9-22(10-8-21)12-14-24-4-2-6-26(20-24)28-31-17-18-32-28/h1-10,19-20H,15-18H2,(H,29,30)(H,31,32). The molecule has 4 heteroatoms. The predicted octanol–water partition coefficient (Wildman–Crippen LogP) is 3.19. The largest absolute Gasteiger partial charge is 0.368 e. The van der Waals surface area contributed by atoms with Gasteiger partial charge in [0, 0.05) is 46.5 Å². The fourth-order valence-electron chi connectivity index (χ4n) is 3.60.